The fourth-order valence-electron chi connectivity index (χ4n) is 3.54. The van der Waals surface area contributed by atoms with Gasteiger partial charge in [-0.25, -0.2) is 8.42 Å². The number of rotatable bonds is 6. The Morgan fingerprint density at radius 2 is 1.72 bits per heavy atom. The van der Waals surface area contributed by atoms with Crippen LogP contribution in [0.4, 0.5) is 17.1 Å². The van der Waals surface area contributed by atoms with Crippen molar-refractivity contribution in [2.45, 2.75) is 24.7 Å². The van der Waals surface area contributed by atoms with E-state index in [0.29, 0.717) is 24.3 Å². The van der Waals surface area contributed by atoms with Crippen LogP contribution in [-0.4, -0.2) is 26.8 Å². The standard InChI is InChI=1S/C24H23N3O4S/c1-17-6-2-3-9-22(17)26-32(30,31)21-8-4-7-18(16-21)24(29)25-19-11-13-20(14-12-19)27-15-5-10-23(27)28/h2-4,6-9,11-14,16,26H,5,10,15H2,1H3,(H,25,29). The van der Waals surface area contributed by atoms with Crippen molar-refractivity contribution in [1.29, 1.82) is 0 Å². The second-order valence-electron chi connectivity index (χ2n) is 7.60. The van der Waals surface area contributed by atoms with Crippen LogP contribution < -0.4 is 14.9 Å². The van der Waals surface area contributed by atoms with Crippen LogP contribution in [-0.2, 0) is 14.8 Å². The number of nitrogens with zero attached hydrogens (tertiary/aromatic N) is 1. The molecule has 2 N–H and O–H groups in total. The predicted molar refractivity (Wildman–Crippen MR) is 124 cm³/mol. The van der Waals surface area contributed by atoms with E-state index in [9.17, 15) is 18.0 Å². The number of benzene rings is 3. The number of carbonyl (C=O) groups is 2. The lowest BCUT2D eigenvalue weighted by atomic mass is 10.2. The van der Waals surface area contributed by atoms with E-state index in [4.69, 9.17) is 0 Å². The van der Waals surface area contributed by atoms with Gasteiger partial charge < -0.3 is 10.2 Å². The summed E-state index contributed by atoms with van der Waals surface area (Å²) in [4.78, 5) is 26.3. The average molecular weight is 450 g/mol. The van der Waals surface area contributed by atoms with Crippen molar-refractivity contribution in [3.05, 3.63) is 83.9 Å². The average Bonchev–Trinajstić information content (AvgIpc) is 3.22. The number of para-hydroxylation sites is 1. The van der Waals surface area contributed by atoms with Crippen LogP contribution in [0.1, 0.15) is 28.8 Å². The number of anilines is 3. The Morgan fingerprint density at radius 3 is 2.41 bits per heavy atom. The Balaban J connectivity index is 1.48. The zero-order chi connectivity index (χ0) is 22.7. The molecule has 3 aromatic rings. The lowest BCUT2D eigenvalue weighted by Crippen LogP contribution is -2.23. The summed E-state index contributed by atoms with van der Waals surface area (Å²) in [5, 5.41) is 2.77. The van der Waals surface area contributed by atoms with Gasteiger partial charge in [0.05, 0.1) is 10.6 Å². The molecule has 1 saturated heterocycles. The molecule has 0 atom stereocenters. The van der Waals surface area contributed by atoms with Crippen molar-refractivity contribution < 1.29 is 18.0 Å². The summed E-state index contributed by atoms with van der Waals surface area (Å²) < 4.78 is 28.2. The maximum Gasteiger partial charge on any atom is 0.261 e. The Labute approximate surface area is 187 Å². The monoisotopic (exact) mass is 449 g/mol. The second kappa shape index (κ2) is 8.84. The Kier molecular flexibility index (Phi) is 5.96. The van der Waals surface area contributed by atoms with Gasteiger partial charge in [0.2, 0.25) is 5.91 Å². The SMILES string of the molecule is Cc1ccccc1NS(=O)(=O)c1cccc(C(=O)Nc2ccc(N3CCCC3=O)cc2)c1. The molecule has 0 aromatic heterocycles. The highest BCUT2D eigenvalue weighted by molar-refractivity contribution is 7.92. The normalized spacial score (nSPS) is 13.8. The summed E-state index contributed by atoms with van der Waals surface area (Å²) in [6.45, 7) is 2.51. The molecule has 0 saturated carbocycles. The quantitative estimate of drug-likeness (QED) is 0.590. The third-order valence-corrected chi connectivity index (χ3v) is 6.67. The van der Waals surface area contributed by atoms with Crippen LogP contribution in [0.3, 0.4) is 0 Å². The summed E-state index contributed by atoms with van der Waals surface area (Å²) in [7, 11) is -3.85. The summed E-state index contributed by atoms with van der Waals surface area (Å²) in [6.07, 6.45) is 1.39. The van der Waals surface area contributed by atoms with E-state index >= 15 is 0 Å². The van der Waals surface area contributed by atoms with Gasteiger partial charge in [-0.1, -0.05) is 24.3 Å². The molecule has 1 fully saturated rings. The maximum absolute atomic E-state index is 12.8. The van der Waals surface area contributed by atoms with Crippen LogP contribution >= 0.6 is 0 Å². The first-order chi connectivity index (χ1) is 15.3. The summed E-state index contributed by atoms with van der Waals surface area (Å²) in [5.41, 5.74) is 2.84. The molecule has 164 valence electrons. The molecule has 7 nitrogen and oxygen atoms in total. The van der Waals surface area contributed by atoms with Crippen molar-refractivity contribution >= 4 is 38.9 Å². The first-order valence-electron chi connectivity index (χ1n) is 10.2. The van der Waals surface area contributed by atoms with Crippen molar-refractivity contribution in [3.8, 4) is 0 Å². The number of hydrogen-bond acceptors (Lipinski definition) is 4. The fraction of sp³-hybridized carbons (Fsp3) is 0.167. The second-order valence-corrected chi connectivity index (χ2v) is 9.28. The lowest BCUT2D eigenvalue weighted by Gasteiger charge is -2.16. The van der Waals surface area contributed by atoms with E-state index in [1.165, 1.54) is 18.2 Å². The number of aryl methyl sites for hydroxylation is 1. The highest BCUT2D eigenvalue weighted by atomic mass is 32.2. The molecule has 1 heterocycles. The van der Waals surface area contributed by atoms with Gasteiger partial charge in [0.1, 0.15) is 0 Å². The molecule has 0 unspecified atom stereocenters. The minimum atomic E-state index is -3.85. The van der Waals surface area contributed by atoms with E-state index in [1.807, 2.05) is 19.1 Å². The zero-order valence-electron chi connectivity index (χ0n) is 17.5. The minimum absolute atomic E-state index is 0.00343. The number of sulfonamides is 1. The molecule has 8 heteroatoms. The summed E-state index contributed by atoms with van der Waals surface area (Å²) >= 11 is 0. The van der Waals surface area contributed by atoms with Gasteiger partial charge in [0.15, 0.2) is 0 Å². The molecule has 0 spiro atoms. The molecule has 4 rings (SSSR count). The maximum atomic E-state index is 12.8. The highest BCUT2D eigenvalue weighted by Crippen LogP contribution is 2.24. The lowest BCUT2D eigenvalue weighted by molar-refractivity contribution is -0.117. The molecular weight excluding hydrogens is 426 g/mol. The Bertz CT molecular complexity index is 1270. The molecule has 0 bridgehead atoms. The van der Waals surface area contributed by atoms with E-state index in [-0.39, 0.29) is 16.4 Å². The van der Waals surface area contributed by atoms with Crippen LogP contribution in [0.15, 0.2) is 77.7 Å². The van der Waals surface area contributed by atoms with Gasteiger partial charge >= 0.3 is 0 Å². The number of amides is 2. The summed E-state index contributed by atoms with van der Waals surface area (Å²) in [6, 6.07) is 20.0. The molecule has 1 aliphatic heterocycles. The minimum Gasteiger partial charge on any atom is -0.322 e. The van der Waals surface area contributed by atoms with E-state index in [0.717, 1.165) is 17.7 Å². The van der Waals surface area contributed by atoms with Gasteiger partial charge in [0, 0.05) is 29.9 Å². The first-order valence-corrected chi connectivity index (χ1v) is 11.7. The van der Waals surface area contributed by atoms with Gasteiger partial charge in [-0.3, -0.25) is 14.3 Å². The molecule has 0 aliphatic carbocycles. The van der Waals surface area contributed by atoms with Crippen LogP contribution in [0, 0.1) is 6.92 Å². The molecule has 1 aliphatic rings. The zero-order valence-corrected chi connectivity index (χ0v) is 18.4. The number of nitrogens with one attached hydrogen (secondary N) is 2. The van der Waals surface area contributed by atoms with Crippen molar-refractivity contribution in [3.63, 3.8) is 0 Å². The van der Waals surface area contributed by atoms with Crippen molar-refractivity contribution in [2.75, 3.05) is 21.5 Å². The van der Waals surface area contributed by atoms with Crippen LogP contribution in [0.25, 0.3) is 0 Å². The van der Waals surface area contributed by atoms with Gasteiger partial charge in [-0.2, -0.15) is 0 Å². The predicted octanol–water partition coefficient (Wildman–Crippen LogP) is 4.17. The number of hydrogen-bond donors (Lipinski definition) is 2. The Hall–Kier alpha value is -3.65. The molecule has 32 heavy (non-hydrogen) atoms. The topological polar surface area (TPSA) is 95.6 Å². The van der Waals surface area contributed by atoms with Crippen LogP contribution in [0.2, 0.25) is 0 Å². The van der Waals surface area contributed by atoms with Gasteiger partial charge in [-0.05, 0) is 67.4 Å². The Morgan fingerprint density at radius 1 is 0.969 bits per heavy atom. The van der Waals surface area contributed by atoms with E-state index < -0.39 is 15.9 Å². The van der Waals surface area contributed by atoms with E-state index in [1.54, 1.807) is 47.4 Å². The molecule has 0 radical (unpaired) electrons. The largest absolute Gasteiger partial charge is 0.322 e. The first kappa shape index (κ1) is 21.6. The van der Waals surface area contributed by atoms with Crippen molar-refractivity contribution in [1.82, 2.24) is 0 Å². The smallest absolute Gasteiger partial charge is 0.261 e. The third-order valence-electron chi connectivity index (χ3n) is 5.31. The van der Waals surface area contributed by atoms with Crippen LogP contribution in [0.5, 0.6) is 0 Å². The molecule has 2 amide bonds. The van der Waals surface area contributed by atoms with Gasteiger partial charge in [-0.15, -0.1) is 0 Å². The van der Waals surface area contributed by atoms with Crippen molar-refractivity contribution in [2.24, 2.45) is 0 Å². The fourth-order valence-corrected chi connectivity index (χ4v) is 4.72. The van der Waals surface area contributed by atoms with Gasteiger partial charge in [0.25, 0.3) is 15.9 Å². The third kappa shape index (κ3) is 4.65. The molecule has 3 aromatic carbocycles. The summed E-state index contributed by atoms with van der Waals surface area (Å²) in [5.74, 6) is -0.331. The highest BCUT2D eigenvalue weighted by Gasteiger charge is 2.21. The number of carbonyl (C=O) groups excluding carboxylic acids is 2. The molecular formula is C24H23N3O4S. The van der Waals surface area contributed by atoms with E-state index in [2.05, 4.69) is 10.0 Å².